The minimum atomic E-state index is -4.47. The summed E-state index contributed by atoms with van der Waals surface area (Å²) >= 11 is 5.45. The summed E-state index contributed by atoms with van der Waals surface area (Å²) < 4.78 is 36.1. The van der Waals surface area contributed by atoms with Crippen molar-refractivity contribution in [2.45, 2.75) is 12.2 Å². The zero-order valence-corrected chi connectivity index (χ0v) is 8.33. The average Bonchev–Trinajstić information content (AvgIpc) is 2.03. The van der Waals surface area contributed by atoms with Crippen molar-refractivity contribution < 1.29 is 13.2 Å². The van der Waals surface area contributed by atoms with E-state index in [1.54, 1.807) is 0 Å². The second kappa shape index (κ2) is 4.82. The maximum absolute atomic E-state index is 12.0. The van der Waals surface area contributed by atoms with Gasteiger partial charge in [0.05, 0.1) is 10.7 Å². The Morgan fingerprint density at radius 1 is 1.36 bits per heavy atom. The first-order valence-corrected chi connectivity index (χ1v) is 3.73. The van der Waals surface area contributed by atoms with E-state index < -0.39 is 12.2 Å². The highest BCUT2D eigenvalue weighted by molar-refractivity contribution is 6.30. The Labute approximate surface area is 89.7 Å². The first-order valence-electron chi connectivity index (χ1n) is 3.35. The highest BCUT2D eigenvalue weighted by atomic mass is 35.5. The van der Waals surface area contributed by atoms with Gasteiger partial charge < -0.3 is 5.73 Å². The first-order chi connectivity index (χ1) is 5.91. The van der Waals surface area contributed by atoms with Gasteiger partial charge in [0.15, 0.2) is 0 Å². The van der Waals surface area contributed by atoms with E-state index >= 15 is 0 Å². The largest absolute Gasteiger partial charge is 0.409 e. The third-order valence-corrected chi connectivity index (χ3v) is 1.65. The molecule has 2 nitrogen and oxygen atoms in total. The molecule has 1 atom stereocenters. The van der Waals surface area contributed by atoms with Crippen LogP contribution < -0.4 is 5.73 Å². The Bertz CT molecular complexity index is 286. The van der Waals surface area contributed by atoms with Crippen molar-refractivity contribution in [1.82, 2.24) is 4.98 Å². The summed E-state index contributed by atoms with van der Waals surface area (Å²) in [6.07, 6.45) is -3.34. The smallest absolute Gasteiger partial charge is 0.315 e. The Morgan fingerprint density at radius 2 is 1.93 bits per heavy atom. The fraction of sp³-hybridized carbons (Fsp3) is 0.286. The average molecular weight is 247 g/mol. The molecule has 0 fully saturated rings. The zero-order valence-electron chi connectivity index (χ0n) is 6.75. The van der Waals surface area contributed by atoms with Crippen LogP contribution in [0.3, 0.4) is 0 Å². The summed E-state index contributed by atoms with van der Waals surface area (Å²) in [6, 6.07) is 0.417. The van der Waals surface area contributed by atoms with Crippen LogP contribution in [0.25, 0.3) is 0 Å². The second-order valence-corrected chi connectivity index (χ2v) is 2.86. The second-order valence-electron chi connectivity index (χ2n) is 2.42. The fourth-order valence-corrected chi connectivity index (χ4v) is 0.851. The van der Waals surface area contributed by atoms with Crippen molar-refractivity contribution >= 4 is 24.0 Å². The molecule has 14 heavy (non-hydrogen) atoms. The molecule has 0 aliphatic carbocycles. The summed E-state index contributed by atoms with van der Waals surface area (Å²) in [4.78, 5) is 3.47. The Morgan fingerprint density at radius 3 is 2.29 bits per heavy atom. The van der Waals surface area contributed by atoms with Crippen LogP contribution in [0.2, 0.25) is 5.02 Å². The normalized spacial score (nSPS) is 13.2. The van der Waals surface area contributed by atoms with Crippen LogP contribution in [0.4, 0.5) is 13.2 Å². The molecule has 80 valence electrons. The Hall–Kier alpha value is -0.520. The lowest BCUT2D eigenvalue weighted by Gasteiger charge is -2.14. The van der Waals surface area contributed by atoms with E-state index in [2.05, 4.69) is 4.98 Å². The highest BCUT2D eigenvalue weighted by Gasteiger charge is 2.38. The van der Waals surface area contributed by atoms with Crippen molar-refractivity contribution in [3.8, 4) is 0 Å². The van der Waals surface area contributed by atoms with E-state index in [-0.39, 0.29) is 23.1 Å². The van der Waals surface area contributed by atoms with Gasteiger partial charge in [0.2, 0.25) is 0 Å². The first kappa shape index (κ1) is 13.5. The third-order valence-electron chi connectivity index (χ3n) is 1.42. The number of alkyl halides is 3. The van der Waals surface area contributed by atoms with Gasteiger partial charge in [-0.05, 0) is 12.1 Å². The maximum atomic E-state index is 12.0. The predicted octanol–water partition coefficient (Wildman–Crippen LogP) is 2.72. The number of halogens is 5. The minimum absolute atomic E-state index is 0. The molecule has 1 aromatic rings. The van der Waals surface area contributed by atoms with Gasteiger partial charge in [-0.3, -0.25) is 4.98 Å². The molecule has 0 saturated carbocycles. The molecule has 0 aliphatic heterocycles. The van der Waals surface area contributed by atoms with Gasteiger partial charge in [0.25, 0.3) is 0 Å². The van der Waals surface area contributed by atoms with Crippen molar-refractivity contribution in [3.63, 3.8) is 0 Å². The quantitative estimate of drug-likeness (QED) is 0.828. The van der Waals surface area contributed by atoms with Crippen LogP contribution in [-0.4, -0.2) is 11.2 Å². The Balaban J connectivity index is 0.00000169. The van der Waals surface area contributed by atoms with Gasteiger partial charge in [-0.25, -0.2) is 0 Å². The van der Waals surface area contributed by atoms with Gasteiger partial charge in [0.1, 0.15) is 6.04 Å². The SMILES string of the molecule is Cl.N[C@@H](c1ccc(Cl)cn1)C(F)(F)F. The van der Waals surface area contributed by atoms with Gasteiger partial charge in [0, 0.05) is 6.20 Å². The Kier molecular flexibility index (Phi) is 4.64. The molecule has 0 amide bonds. The number of aromatic nitrogens is 1. The molecule has 0 spiro atoms. The van der Waals surface area contributed by atoms with Crippen LogP contribution in [0.15, 0.2) is 18.3 Å². The molecule has 1 heterocycles. The van der Waals surface area contributed by atoms with E-state index in [1.165, 1.54) is 6.07 Å². The van der Waals surface area contributed by atoms with Gasteiger partial charge in [-0.1, -0.05) is 11.6 Å². The summed E-state index contributed by atoms with van der Waals surface area (Å²) in [6.45, 7) is 0. The number of pyridine rings is 1. The van der Waals surface area contributed by atoms with Crippen molar-refractivity contribution in [2.75, 3.05) is 0 Å². The molecule has 0 saturated heterocycles. The number of nitrogens with two attached hydrogens (primary N) is 1. The van der Waals surface area contributed by atoms with Crippen LogP contribution >= 0.6 is 24.0 Å². The van der Waals surface area contributed by atoms with Crippen molar-refractivity contribution in [1.29, 1.82) is 0 Å². The lowest BCUT2D eigenvalue weighted by Crippen LogP contribution is -2.29. The standard InChI is InChI=1S/C7H6ClF3N2.ClH/c8-4-1-2-5(13-3-4)6(12)7(9,10)11;/h1-3,6H,12H2;1H/t6-;/m0./s1. The molecule has 0 aliphatic rings. The van der Waals surface area contributed by atoms with Gasteiger partial charge >= 0.3 is 6.18 Å². The van der Waals surface area contributed by atoms with Crippen LogP contribution in [0, 0.1) is 0 Å². The fourth-order valence-electron chi connectivity index (χ4n) is 0.739. The van der Waals surface area contributed by atoms with E-state index in [1.807, 2.05) is 0 Å². The number of hydrogen-bond acceptors (Lipinski definition) is 2. The maximum Gasteiger partial charge on any atom is 0.409 e. The zero-order chi connectivity index (χ0) is 10.1. The molecule has 7 heteroatoms. The third kappa shape index (κ3) is 3.32. The molecule has 0 aromatic carbocycles. The summed E-state index contributed by atoms with van der Waals surface area (Å²) in [5, 5.41) is 0.276. The summed E-state index contributed by atoms with van der Waals surface area (Å²) in [5.41, 5.74) is 4.65. The number of nitrogens with zero attached hydrogens (tertiary/aromatic N) is 1. The van der Waals surface area contributed by atoms with Gasteiger partial charge in [-0.2, -0.15) is 13.2 Å². The number of rotatable bonds is 1. The molecular weight excluding hydrogens is 240 g/mol. The summed E-state index contributed by atoms with van der Waals surface area (Å²) in [5.74, 6) is 0. The molecule has 0 bridgehead atoms. The molecule has 1 rings (SSSR count). The topological polar surface area (TPSA) is 38.9 Å². The summed E-state index contributed by atoms with van der Waals surface area (Å²) in [7, 11) is 0. The predicted molar refractivity (Wildman–Crippen MR) is 49.5 cm³/mol. The number of hydrogen-bond donors (Lipinski definition) is 1. The van der Waals surface area contributed by atoms with E-state index in [4.69, 9.17) is 17.3 Å². The highest BCUT2D eigenvalue weighted by Crippen LogP contribution is 2.29. The van der Waals surface area contributed by atoms with E-state index in [0.29, 0.717) is 0 Å². The van der Waals surface area contributed by atoms with Gasteiger partial charge in [-0.15, -0.1) is 12.4 Å². The van der Waals surface area contributed by atoms with E-state index in [9.17, 15) is 13.2 Å². The van der Waals surface area contributed by atoms with Crippen molar-refractivity contribution in [3.05, 3.63) is 29.0 Å². The molecule has 0 radical (unpaired) electrons. The van der Waals surface area contributed by atoms with Crippen LogP contribution in [-0.2, 0) is 0 Å². The lowest BCUT2D eigenvalue weighted by molar-refractivity contribution is -0.150. The van der Waals surface area contributed by atoms with Crippen molar-refractivity contribution in [2.24, 2.45) is 5.73 Å². The van der Waals surface area contributed by atoms with E-state index in [0.717, 1.165) is 12.3 Å². The molecular formula is C7H7Cl2F3N2. The van der Waals surface area contributed by atoms with Crippen LogP contribution in [0.1, 0.15) is 11.7 Å². The molecule has 1 aromatic heterocycles. The molecule has 0 unspecified atom stereocenters. The minimum Gasteiger partial charge on any atom is -0.315 e. The van der Waals surface area contributed by atoms with Crippen LogP contribution in [0.5, 0.6) is 0 Å². The molecule has 2 N–H and O–H groups in total. The monoisotopic (exact) mass is 246 g/mol. The lowest BCUT2D eigenvalue weighted by atomic mass is 10.2.